The zero-order valence-corrected chi connectivity index (χ0v) is 10.8. The number of ether oxygens (including phenoxy) is 1. The van der Waals surface area contributed by atoms with E-state index in [0.29, 0.717) is 5.92 Å². The van der Waals surface area contributed by atoms with Gasteiger partial charge < -0.3 is 10.1 Å². The van der Waals surface area contributed by atoms with Crippen LogP contribution in [0.5, 0.6) is 5.75 Å². The topological polar surface area (TPSA) is 21.3 Å². The lowest BCUT2D eigenvalue weighted by atomic mass is 10.0. The second-order valence-corrected chi connectivity index (χ2v) is 4.40. The number of hydrogen-bond donors (Lipinski definition) is 1. The fourth-order valence-electron chi connectivity index (χ4n) is 1.67. The lowest BCUT2D eigenvalue weighted by Crippen LogP contribution is -2.14. The van der Waals surface area contributed by atoms with Gasteiger partial charge in [0.05, 0.1) is 7.11 Å². The minimum atomic E-state index is 0.548. The van der Waals surface area contributed by atoms with E-state index in [1.54, 1.807) is 7.11 Å². The van der Waals surface area contributed by atoms with Gasteiger partial charge in [0.1, 0.15) is 5.75 Å². The van der Waals surface area contributed by atoms with Gasteiger partial charge in [0.2, 0.25) is 0 Å². The summed E-state index contributed by atoms with van der Waals surface area (Å²) in [5.41, 5.74) is 2.57. The average Bonchev–Trinajstić information content (AvgIpc) is 2.29. The maximum absolute atomic E-state index is 5.43. The van der Waals surface area contributed by atoms with Crippen molar-refractivity contribution in [2.45, 2.75) is 39.7 Å². The summed E-state index contributed by atoms with van der Waals surface area (Å²) in [5, 5.41) is 3.39. The highest BCUT2D eigenvalue weighted by molar-refractivity contribution is 5.38. The molecule has 16 heavy (non-hydrogen) atoms. The first-order valence-electron chi connectivity index (χ1n) is 6.06. The van der Waals surface area contributed by atoms with Crippen LogP contribution >= 0.6 is 0 Å². The molecule has 1 rings (SSSR count). The smallest absolute Gasteiger partial charge is 0.123 e. The molecule has 0 bridgehead atoms. The Labute approximate surface area is 99.0 Å². The van der Waals surface area contributed by atoms with Gasteiger partial charge in [-0.05, 0) is 30.5 Å². The second kappa shape index (κ2) is 6.54. The van der Waals surface area contributed by atoms with Gasteiger partial charge in [-0.2, -0.15) is 0 Å². The van der Waals surface area contributed by atoms with E-state index in [2.05, 4.69) is 44.3 Å². The summed E-state index contributed by atoms with van der Waals surface area (Å²) in [6.07, 6.45) is 1.16. The summed E-state index contributed by atoms with van der Waals surface area (Å²) in [6.45, 7) is 8.50. The number of hydrogen-bond acceptors (Lipinski definition) is 2. The highest BCUT2D eigenvalue weighted by Gasteiger charge is 2.06. The molecule has 2 nitrogen and oxygen atoms in total. The van der Waals surface area contributed by atoms with Crippen molar-refractivity contribution in [1.82, 2.24) is 5.32 Å². The molecule has 0 radical (unpaired) electrons. The number of methoxy groups -OCH3 is 1. The fraction of sp³-hybridized carbons (Fsp3) is 0.571. The first kappa shape index (κ1) is 13.0. The molecule has 0 aliphatic rings. The molecule has 1 N–H and O–H groups in total. The van der Waals surface area contributed by atoms with Crippen molar-refractivity contribution < 1.29 is 4.74 Å². The molecule has 0 fully saturated rings. The van der Waals surface area contributed by atoms with Crippen molar-refractivity contribution in [3.63, 3.8) is 0 Å². The Morgan fingerprint density at radius 1 is 1.31 bits per heavy atom. The summed E-state index contributed by atoms with van der Waals surface area (Å²) in [6, 6.07) is 6.50. The first-order chi connectivity index (χ1) is 7.69. The minimum Gasteiger partial charge on any atom is -0.496 e. The van der Waals surface area contributed by atoms with Crippen LogP contribution in [0.1, 0.15) is 44.2 Å². The molecule has 2 heteroatoms. The third-order valence-electron chi connectivity index (χ3n) is 2.72. The van der Waals surface area contributed by atoms with Crippen LogP contribution < -0.4 is 10.1 Å². The number of nitrogens with one attached hydrogen (secondary N) is 1. The Morgan fingerprint density at radius 2 is 2.06 bits per heavy atom. The van der Waals surface area contributed by atoms with E-state index >= 15 is 0 Å². The molecule has 0 heterocycles. The lowest BCUT2D eigenvalue weighted by molar-refractivity contribution is 0.407. The standard InChI is InChI=1S/C14H23NO/c1-5-8-15-10-13-7-6-12(11(2)3)9-14(13)16-4/h6-7,9,11,15H,5,8,10H2,1-4H3. The van der Waals surface area contributed by atoms with Gasteiger partial charge in [0, 0.05) is 12.1 Å². The van der Waals surface area contributed by atoms with Gasteiger partial charge in [0.25, 0.3) is 0 Å². The van der Waals surface area contributed by atoms with Crippen LogP contribution in [0.15, 0.2) is 18.2 Å². The van der Waals surface area contributed by atoms with Crippen molar-refractivity contribution in [2.75, 3.05) is 13.7 Å². The Hall–Kier alpha value is -1.02. The van der Waals surface area contributed by atoms with Gasteiger partial charge in [-0.1, -0.05) is 32.9 Å². The molecule has 0 unspecified atom stereocenters. The first-order valence-corrected chi connectivity index (χ1v) is 6.06. The largest absolute Gasteiger partial charge is 0.496 e. The molecular weight excluding hydrogens is 198 g/mol. The van der Waals surface area contributed by atoms with E-state index in [0.717, 1.165) is 25.3 Å². The third-order valence-corrected chi connectivity index (χ3v) is 2.72. The predicted octanol–water partition coefficient (Wildman–Crippen LogP) is 3.32. The maximum Gasteiger partial charge on any atom is 0.123 e. The van der Waals surface area contributed by atoms with Crippen molar-refractivity contribution >= 4 is 0 Å². The molecule has 0 aliphatic carbocycles. The molecule has 0 spiro atoms. The summed E-state index contributed by atoms with van der Waals surface area (Å²) < 4.78 is 5.43. The molecule has 0 saturated heterocycles. The Morgan fingerprint density at radius 3 is 2.62 bits per heavy atom. The van der Waals surface area contributed by atoms with E-state index < -0.39 is 0 Å². The zero-order chi connectivity index (χ0) is 12.0. The van der Waals surface area contributed by atoms with Gasteiger partial charge in [0.15, 0.2) is 0 Å². The predicted molar refractivity (Wildman–Crippen MR) is 69.1 cm³/mol. The monoisotopic (exact) mass is 221 g/mol. The van der Waals surface area contributed by atoms with Crippen molar-refractivity contribution in [3.8, 4) is 5.75 Å². The molecule has 0 atom stereocenters. The minimum absolute atomic E-state index is 0.548. The maximum atomic E-state index is 5.43. The highest BCUT2D eigenvalue weighted by Crippen LogP contribution is 2.24. The van der Waals surface area contributed by atoms with Crippen LogP contribution in [-0.4, -0.2) is 13.7 Å². The SMILES string of the molecule is CCCNCc1ccc(C(C)C)cc1OC. The molecule has 1 aromatic rings. The van der Waals surface area contributed by atoms with Crippen molar-refractivity contribution in [1.29, 1.82) is 0 Å². The van der Waals surface area contributed by atoms with E-state index in [4.69, 9.17) is 4.74 Å². The Balaban J connectivity index is 2.76. The van der Waals surface area contributed by atoms with Gasteiger partial charge in [-0.25, -0.2) is 0 Å². The molecule has 0 aromatic heterocycles. The molecular formula is C14H23NO. The van der Waals surface area contributed by atoms with Crippen LogP contribution in [0, 0.1) is 0 Å². The molecule has 0 amide bonds. The van der Waals surface area contributed by atoms with Gasteiger partial charge >= 0.3 is 0 Å². The zero-order valence-electron chi connectivity index (χ0n) is 10.8. The van der Waals surface area contributed by atoms with E-state index in [9.17, 15) is 0 Å². The normalized spacial score (nSPS) is 10.8. The van der Waals surface area contributed by atoms with Crippen LogP contribution in [0.4, 0.5) is 0 Å². The summed E-state index contributed by atoms with van der Waals surface area (Å²) in [4.78, 5) is 0. The average molecular weight is 221 g/mol. The van der Waals surface area contributed by atoms with Gasteiger partial charge in [-0.3, -0.25) is 0 Å². The Kier molecular flexibility index (Phi) is 5.33. The van der Waals surface area contributed by atoms with Crippen molar-refractivity contribution in [2.24, 2.45) is 0 Å². The lowest BCUT2D eigenvalue weighted by Gasteiger charge is -2.13. The van der Waals surface area contributed by atoms with E-state index in [1.165, 1.54) is 11.1 Å². The number of rotatable bonds is 6. The summed E-state index contributed by atoms with van der Waals surface area (Å²) >= 11 is 0. The summed E-state index contributed by atoms with van der Waals surface area (Å²) in [7, 11) is 1.74. The molecule has 1 aromatic carbocycles. The molecule has 0 saturated carbocycles. The molecule has 90 valence electrons. The second-order valence-electron chi connectivity index (χ2n) is 4.40. The van der Waals surface area contributed by atoms with Crippen LogP contribution in [0.2, 0.25) is 0 Å². The van der Waals surface area contributed by atoms with E-state index in [-0.39, 0.29) is 0 Å². The van der Waals surface area contributed by atoms with Crippen LogP contribution in [0.3, 0.4) is 0 Å². The quantitative estimate of drug-likeness (QED) is 0.744. The third kappa shape index (κ3) is 3.53. The van der Waals surface area contributed by atoms with Crippen LogP contribution in [0.25, 0.3) is 0 Å². The Bertz CT molecular complexity index is 321. The fourth-order valence-corrected chi connectivity index (χ4v) is 1.67. The van der Waals surface area contributed by atoms with Crippen molar-refractivity contribution in [3.05, 3.63) is 29.3 Å². The van der Waals surface area contributed by atoms with Gasteiger partial charge in [-0.15, -0.1) is 0 Å². The van der Waals surface area contributed by atoms with E-state index in [1.807, 2.05) is 0 Å². The summed E-state index contributed by atoms with van der Waals surface area (Å²) in [5.74, 6) is 1.54. The highest BCUT2D eigenvalue weighted by atomic mass is 16.5. The number of benzene rings is 1. The van der Waals surface area contributed by atoms with Crippen LogP contribution in [-0.2, 0) is 6.54 Å². The molecule has 0 aliphatic heterocycles.